The van der Waals surface area contributed by atoms with Gasteiger partial charge in [0.2, 0.25) is 0 Å². The molecule has 1 saturated heterocycles. The Morgan fingerprint density at radius 1 is 1.12 bits per heavy atom. The van der Waals surface area contributed by atoms with Gasteiger partial charge in [0.05, 0.1) is 19.6 Å². The number of halogens is 3. The van der Waals surface area contributed by atoms with Crippen molar-refractivity contribution in [3.8, 4) is 11.4 Å². The van der Waals surface area contributed by atoms with Crippen LogP contribution in [0.1, 0.15) is 5.56 Å². The molecule has 1 aliphatic heterocycles. The molecule has 0 unspecified atom stereocenters. The molecule has 0 radical (unpaired) electrons. The highest BCUT2D eigenvalue weighted by atomic mass is 19.4. The topological polar surface area (TPSA) is 30.3 Å². The summed E-state index contributed by atoms with van der Waals surface area (Å²) in [5.74, 6) is 0.701. The fourth-order valence-corrected chi connectivity index (χ4v) is 2.88. The average Bonchev–Trinajstić information content (AvgIpc) is 3.01. The lowest BCUT2D eigenvalue weighted by Gasteiger charge is -2.26. The first-order valence-electron chi connectivity index (χ1n) is 7.98. The van der Waals surface area contributed by atoms with Crippen LogP contribution in [0, 0.1) is 0 Å². The van der Waals surface area contributed by atoms with Crippen LogP contribution in [0.4, 0.5) is 13.2 Å². The molecule has 0 aliphatic carbocycles. The van der Waals surface area contributed by atoms with Crippen LogP contribution in [0.2, 0.25) is 0 Å². The molecule has 2 heterocycles. The molecule has 0 atom stereocenters. The minimum absolute atomic E-state index is 0.253. The summed E-state index contributed by atoms with van der Waals surface area (Å²) in [6, 6.07) is 6.52. The maximum absolute atomic E-state index is 12.6. The van der Waals surface area contributed by atoms with Gasteiger partial charge in [-0.15, -0.1) is 0 Å². The van der Waals surface area contributed by atoms with Crippen LogP contribution in [0.5, 0.6) is 0 Å². The normalized spacial score (nSPS) is 16.5. The van der Waals surface area contributed by atoms with Crippen molar-refractivity contribution in [3.63, 3.8) is 0 Å². The van der Waals surface area contributed by atoms with Gasteiger partial charge >= 0.3 is 6.18 Å². The molecule has 3 rings (SSSR count). The number of imidazole rings is 1. The van der Waals surface area contributed by atoms with Crippen molar-refractivity contribution < 1.29 is 17.9 Å². The van der Waals surface area contributed by atoms with Gasteiger partial charge in [-0.25, -0.2) is 4.98 Å². The molecule has 1 fully saturated rings. The number of hydrogen-bond donors (Lipinski definition) is 0. The minimum atomic E-state index is -4.20. The van der Waals surface area contributed by atoms with E-state index in [0.29, 0.717) is 11.4 Å². The van der Waals surface area contributed by atoms with Crippen LogP contribution in [0.15, 0.2) is 36.7 Å². The quantitative estimate of drug-likeness (QED) is 0.839. The van der Waals surface area contributed by atoms with Crippen molar-refractivity contribution in [1.82, 2.24) is 14.5 Å². The highest BCUT2D eigenvalue weighted by Gasteiger charge is 2.27. The largest absolute Gasteiger partial charge is 0.393 e. The highest BCUT2D eigenvalue weighted by Crippen LogP contribution is 2.25. The summed E-state index contributed by atoms with van der Waals surface area (Å²) in [5.41, 5.74) is 0.964. The molecule has 0 N–H and O–H groups in total. The van der Waals surface area contributed by atoms with E-state index in [4.69, 9.17) is 4.74 Å². The monoisotopic (exact) mass is 339 g/mol. The Morgan fingerprint density at radius 2 is 1.92 bits per heavy atom. The second-order valence-corrected chi connectivity index (χ2v) is 5.89. The Kier molecular flexibility index (Phi) is 5.20. The number of alkyl halides is 3. The van der Waals surface area contributed by atoms with Gasteiger partial charge in [0.15, 0.2) is 0 Å². The van der Waals surface area contributed by atoms with Crippen molar-refractivity contribution >= 4 is 0 Å². The first-order chi connectivity index (χ1) is 11.5. The lowest BCUT2D eigenvalue weighted by atomic mass is 10.1. The third kappa shape index (κ3) is 4.58. The first kappa shape index (κ1) is 17.0. The second-order valence-electron chi connectivity index (χ2n) is 5.89. The highest BCUT2D eigenvalue weighted by molar-refractivity contribution is 5.56. The van der Waals surface area contributed by atoms with Crippen LogP contribution < -0.4 is 0 Å². The Bertz CT molecular complexity index is 663. The van der Waals surface area contributed by atoms with Gasteiger partial charge in [0.1, 0.15) is 5.82 Å². The maximum Gasteiger partial charge on any atom is 0.393 e. The maximum atomic E-state index is 12.6. The number of rotatable bonds is 5. The van der Waals surface area contributed by atoms with E-state index in [0.717, 1.165) is 39.4 Å². The van der Waals surface area contributed by atoms with Crippen LogP contribution in [-0.4, -0.2) is 53.5 Å². The van der Waals surface area contributed by atoms with E-state index >= 15 is 0 Å². The Morgan fingerprint density at radius 3 is 2.67 bits per heavy atom. The Balaban J connectivity index is 1.71. The molecule has 1 aliphatic rings. The van der Waals surface area contributed by atoms with E-state index in [2.05, 4.69) is 9.88 Å². The van der Waals surface area contributed by atoms with Gasteiger partial charge in [-0.05, 0) is 11.6 Å². The van der Waals surface area contributed by atoms with Gasteiger partial charge in [-0.1, -0.05) is 18.2 Å². The third-order valence-corrected chi connectivity index (χ3v) is 4.07. The summed E-state index contributed by atoms with van der Waals surface area (Å²) in [6.07, 6.45) is -1.57. The summed E-state index contributed by atoms with van der Waals surface area (Å²) in [4.78, 5) is 6.64. The summed E-state index contributed by atoms with van der Waals surface area (Å²) < 4.78 is 45.1. The lowest BCUT2D eigenvalue weighted by Crippen LogP contribution is -2.38. The van der Waals surface area contributed by atoms with E-state index in [1.807, 2.05) is 10.8 Å². The van der Waals surface area contributed by atoms with Crippen LogP contribution in [-0.2, 0) is 17.7 Å². The van der Waals surface area contributed by atoms with Crippen molar-refractivity contribution in [2.24, 2.45) is 0 Å². The predicted molar refractivity (Wildman–Crippen MR) is 84.7 cm³/mol. The van der Waals surface area contributed by atoms with Crippen LogP contribution >= 0.6 is 0 Å². The summed E-state index contributed by atoms with van der Waals surface area (Å²) in [5, 5.41) is 0. The first-order valence-corrected chi connectivity index (χ1v) is 7.98. The van der Waals surface area contributed by atoms with Crippen molar-refractivity contribution in [1.29, 1.82) is 0 Å². The van der Waals surface area contributed by atoms with Crippen molar-refractivity contribution in [2.45, 2.75) is 19.1 Å². The van der Waals surface area contributed by atoms with Crippen molar-refractivity contribution in [2.75, 3.05) is 32.8 Å². The Labute approximate surface area is 138 Å². The van der Waals surface area contributed by atoms with Gasteiger partial charge in [-0.2, -0.15) is 13.2 Å². The minimum Gasteiger partial charge on any atom is -0.379 e. The molecule has 0 amide bonds. The molecule has 0 bridgehead atoms. The SMILES string of the molecule is FC(F)(F)Cc1cccc(-c2nccn2CCN2CCOCC2)c1. The summed E-state index contributed by atoms with van der Waals surface area (Å²) >= 11 is 0. The number of morpholine rings is 1. The zero-order chi connectivity index (χ0) is 17.0. The van der Waals surface area contributed by atoms with Gasteiger partial charge in [0, 0.05) is 44.1 Å². The van der Waals surface area contributed by atoms with E-state index in [-0.39, 0.29) is 5.56 Å². The van der Waals surface area contributed by atoms with E-state index in [1.54, 1.807) is 24.4 Å². The molecule has 2 aromatic rings. The zero-order valence-electron chi connectivity index (χ0n) is 13.3. The predicted octanol–water partition coefficient (Wildman–Crippen LogP) is 2.99. The fraction of sp³-hybridized carbons (Fsp3) is 0.471. The van der Waals surface area contributed by atoms with E-state index in [9.17, 15) is 13.2 Å². The van der Waals surface area contributed by atoms with Gasteiger partial charge in [0.25, 0.3) is 0 Å². The Hall–Kier alpha value is -1.86. The number of ether oxygens (including phenoxy) is 1. The molecule has 7 heteroatoms. The molecule has 1 aromatic carbocycles. The molecular weight excluding hydrogens is 319 g/mol. The number of nitrogens with zero attached hydrogens (tertiary/aromatic N) is 3. The van der Waals surface area contributed by atoms with Crippen LogP contribution in [0.25, 0.3) is 11.4 Å². The molecule has 130 valence electrons. The molecule has 1 aromatic heterocycles. The molecule has 4 nitrogen and oxygen atoms in total. The number of benzene rings is 1. The van der Waals surface area contributed by atoms with Crippen LogP contribution in [0.3, 0.4) is 0 Å². The molecular formula is C17H20F3N3O. The van der Waals surface area contributed by atoms with Gasteiger partial charge in [-0.3, -0.25) is 4.90 Å². The third-order valence-electron chi connectivity index (χ3n) is 4.07. The number of aromatic nitrogens is 2. The smallest absolute Gasteiger partial charge is 0.379 e. The molecule has 0 spiro atoms. The lowest BCUT2D eigenvalue weighted by molar-refractivity contribution is -0.127. The second kappa shape index (κ2) is 7.36. The van der Waals surface area contributed by atoms with Crippen molar-refractivity contribution in [3.05, 3.63) is 42.2 Å². The molecule has 24 heavy (non-hydrogen) atoms. The summed E-state index contributed by atoms with van der Waals surface area (Å²) in [7, 11) is 0. The standard InChI is InChI=1S/C17H20F3N3O/c18-17(19,20)13-14-2-1-3-15(12-14)16-21-4-5-23(16)7-6-22-8-10-24-11-9-22/h1-5,12H,6-11,13H2. The zero-order valence-corrected chi connectivity index (χ0v) is 13.3. The fourth-order valence-electron chi connectivity index (χ4n) is 2.88. The van der Waals surface area contributed by atoms with Gasteiger partial charge < -0.3 is 9.30 Å². The average molecular weight is 339 g/mol. The number of hydrogen-bond acceptors (Lipinski definition) is 3. The molecule has 0 saturated carbocycles. The summed E-state index contributed by atoms with van der Waals surface area (Å²) in [6.45, 7) is 4.93. The van der Waals surface area contributed by atoms with E-state index < -0.39 is 12.6 Å². The van der Waals surface area contributed by atoms with E-state index in [1.165, 1.54) is 6.07 Å².